The van der Waals surface area contributed by atoms with Crippen LogP contribution in [0.25, 0.3) is 10.9 Å². The van der Waals surface area contributed by atoms with E-state index in [1.54, 1.807) is 10.6 Å². The first-order chi connectivity index (χ1) is 11.6. The van der Waals surface area contributed by atoms with E-state index in [2.05, 4.69) is 10.1 Å². The second kappa shape index (κ2) is 6.60. The Bertz CT molecular complexity index is 841. The highest BCUT2D eigenvalue weighted by atomic mass is 19.1. The van der Waals surface area contributed by atoms with Gasteiger partial charge in [0, 0.05) is 44.3 Å². The number of hydrogen-bond acceptors (Lipinski definition) is 4. The highest BCUT2D eigenvalue weighted by Crippen LogP contribution is 2.25. The molecule has 0 atom stereocenters. The summed E-state index contributed by atoms with van der Waals surface area (Å²) in [6.07, 6.45) is 1.48. The van der Waals surface area contributed by atoms with Crippen LogP contribution >= 0.6 is 0 Å². The molecule has 24 heavy (non-hydrogen) atoms. The Kier molecular flexibility index (Phi) is 4.53. The lowest BCUT2D eigenvalue weighted by Crippen LogP contribution is -2.40. The highest BCUT2D eigenvalue weighted by molar-refractivity contribution is 5.94. The SMILES string of the molecule is CCn1cc(C(=O)OC)c(=O)c2cc(F)c(N3CC[N]CC3)cc21. The number of pyridine rings is 1. The first-order valence-corrected chi connectivity index (χ1v) is 7.90. The fourth-order valence-corrected chi connectivity index (χ4v) is 3.01. The van der Waals surface area contributed by atoms with Crippen LogP contribution < -0.4 is 15.6 Å². The molecule has 0 aliphatic carbocycles. The van der Waals surface area contributed by atoms with E-state index >= 15 is 0 Å². The normalized spacial score (nSPS) is 14.9. The Balaban J connectivity index is 2.22. The van der Waals surface area contributed by atoms with Crippen LogP contribution in [0.2, 0.25) is 0 Å². The van der Waals surface area contributed by atoms with Crippen molar-refractivity contribution in [2.45, 2.75) is 13.5 Å². The number of hydrogen-bond donors (Lipinski definition) is 0. The van der Waals surface area contributed by atoms with Crippen molar-refractivity contribution >= 4 is 22.6 Å². The van der Waals surface area contributed by atoms with Gasteiger partial charge >= 0.3 is 5.97 Å². The summed E-state index contributed by atoms with van der Waals surface area (Å²) in [5, 5.41) is 4.45. The van der Waals surface area contributed by atoms with E-state index in [1.165, 1.54) is 19.4 Å². The van der Waals surface area contributed by atoms with Crippen molar-refractivity contribution in [2.24, 2.45) is 0 Å². The number of nitrogens with zero attached hydrogens (tertiary/aromatic N) is 3. The number of carbonyl (C=O) groups is 1. The molecule has 0 bridgehead atoms. The molecular weight excluding hydrogens is 313 g/mol. The molecule has 2 aromatic rings. The molecule has 0 N–H and O–H groups in total. The number of anilines is 1. The predicted molar refractivity (Wildman–Crippen MR) is 89.3 cm³/mol. The Morgan fingerprint density at radius 3 is 2.67 bits per heavy atom. The molecule has 1 aliphatic rings. The predicted octanol–water partition coefficient (Wildman–Crippen LogP) is 1.37. The molecule has 7 heteroatoms. The van der Waals surface area contributed by atoms with Gasteiger partial charge in [-0.05, 0) is 19.1 Å². The Morgan fingerprint density at radius 2 is 2.04 bits per heavy atom. The molecule has 0 spiro atoms. The van der Waals surface area contributed by atoms with Gasteiger partial charge in [0.05, 0.1) is 18.3 Å². The fourth-order valence-electron chi connectivity index (χ4n) is 3.01. The summed E-state index contributed by atoms with van der Waals surface area (Å²) in [7, 11) is 1.22. The van der Waals surface area contributed by atoms with Gasteiger partial charge in [0.15, 0.2) is 0 Å². The molecule has 0 saturated carbocycles. The zero-order chi connectivity index (χ0) is 17.3. The summed E-state index contributed by atoms with van der Waals surface area (Å²) < 4.78 is 21.0. The van der Waals surface area contributed by atoms with Gasteiger partial charge in [-0.2, -0.15) is 0 Å². The molecule has 1 aromatic heterocycles. The molecule has 6 nitrogen and oxygen atoms in total. The van der Waals surface area contributed by atoms with E-state index in [-0.39, 0.29) is 10.9 Å². The van der Waals surface area contributed by atoms with Gasteiger partial charge in [-0.3, -0.25) is 4.79 Å². The number of rotatable bonds is 3. The lowest BCUT2D eigenvalue weighted by molar-refractivity contribution is 0.0598. The maximum atomic E-state index is 14.6. The first kappa shape index (κ1) is 16.4. The van der Waals surface area contributed by atoms with E-state index in [0.29, 0.717) is 43.9 Å². The van der Waals surface area contributed by atoms with Crippen LogP contribution in [0.3, 0.4) is 0 Å². The molecule has 1 radical (unpaired) electrons. The van der Waals surface area contributed by atoms with Gasteiger partial charge < -0.3 is 14.2 Å². The molecule has 0 amide bonds. The standard InChI is InChI=1S/C17H19FN3O3/c1-3-20-10-12(17(23)24-2)16(22)11-8-13(18)15(9-14(11)20)21-6-4-19-5-7-21/h8-10H,3-7H2,1-2H3. The van der Waals surface area contributed by atoms with E-state index in [4.69, 9.17) is 0 Å². The molecular formula is C17H19FN3O3. The second-order valence-electron chi connectivity index (χ2n) is 5.63. The van der Waals surface area contributed by atoms with Crippen molar-refractivity contribution < 1.29 is 13.9 Å². The minimum atomic E-state index is -0.716. The summed E-state index contributed by atoms with van der Waals surface area (Å²) in [4.78, 5) is 26.3. The van der Waals surface area contributed by atoms with Crippen molar-refractivity contribution in [2.75, 3.05) is 38.2 Å². The molecule has 3 rings (SSSR count). The van der Waals surface area contributed by atoms with Gasteiger partial charge in [-0.1, -0.05) is 0 Å². The second-order valence-corrected chi connectivity index (χ2v) is 5.63. The van der Waals surface area contributed by atoms with Crippen molar-refractivity contribution in [1.29, 1.82) is 0 Å². The number of aromatic nitrogens is 1. The van der Waals surface area contributed by atoms with Gasteiger partial charge in [0.2, 0.25) is 5.43 Å². The van der Waals surface area contributed by atoms with Crippen molar-refractivity contribution in [3.8, 4) is 0 Å². The summed E-state index contributed by atoms with van der Waals surface area (Å²) in [6, 6.07) is 2.90. The number of benzene rings is 1. The van der Waals surface area contributed by atoms with Gasteiger partial charge in [-0.15, -0.1) is 0 Å². The monoisotopic (exact) mass is 332 g/mol. The summed E-state index contributed by atoms with van der Waals surface area (Å²) in [6.45, 7) is 5.08. The molecule has 0 unspecified atom stereocenters. The zero-order valence-electron chi connectivity index (χ0n) is 13.7. The number of esters is 1. The smallest absolute Gasteiger partial charge is 0.343 e. The average molecular weight is 332 g/mol. The maximum Gasteiger partial charge on any atom is 0.343 e. The maximum absolute atomic E-state index is 14.6. The average Bonchev–Trinajstić information content (AvgIpc) is 2.62. The van der Waals surface area contributed by atoms with Crippen LogP contribution in [-0.2, 0) is 11.3 Å². The van der Waals surface area contributed by atoms with Gasteiger partial charge in [0.1, 0.15) is 11.4 Å². The molecule has 2 heterocycles. The van der Waals surface area contributed by atoms with Crippen molar-refractivity contribution in [3.63, 3.8) is 0 Å². The number of carbonyl (C=O) groups excluding carboxylic acids is 1. The number of ether oxygens (including phenoxy) is 1. The molecule has 1 aliphatic heterocycles. The largest absolute Gasteiger partial charge is 0.465 e. The minimum absolute atomic E-state index is 0.0872. The Labute approximate surface area is 138 Å². The summed E-state index contributed by atoms with van der Waals surface area (Å²) in [5.41, 5.74) is 0.468. The Morgan fingerprint density at radius 1 is 1.33 bits per heavy atom. The van der Waals surface area contributed by atoms with Gasteiger partial charge in [0.25, 0.3) is 0 Å². The van der Waals surface area contributed by atoms with Crippen LogP contribution in [0.5, 0.6) is 0 Å². The molecule has 1 aromatic carbocycles. The minimum Gasteiger partial charge on any atom is -0.465 e. The summed E-state index contributed by atoms with van der Waals surface area (Å²) >= 11 is 0. The number of aryl methyl sites for hydroxylation is 1. The lowest BCUT2D eigenvalue weighted by atomic mass is 10.1. The van der Waals surface area contributed by atoms with Crippen LogP contribution in [-0.4, -0.2) is 43.8 Å². The van der Waals surface area contributed by atoms with Gasteiger partial charge in [-0.25, -0.2) is 14.5 Å². The van der Waals surface area contributed by atoms with E-state index < -0.39 is 17.2 Å². The quantitative estimate of drug-likeness (QED) is 0.797. The lowest BCUT2D eigenvalue weighted by Gasteiger charge is -2.29. The third-order valence-electron chi connectivity index (χ3n) is 4.29. The van der Waals surface area contributed by atoms with Crippen molar-refractivity contribution in [1.82, 2.24) is 9.88 Å². The number of halogens is 1. The van der Waals surface area contributed by atoms with Crippen LogP contribution in [0.4, 0.5) is 10.1 Å². The molecule has 1 fully saturated rings. The Hall–Kier alpha value is -2.41. The first-order valence-electron chi connectivity index (χ1n) is 7.90. The molecule has 1 saturated heterocycles. The van der Waals surface area contributed by atoms with E-state index in [0.717, 1.165) is 0 Å². The number of fused-ring (bicyclic) bond motifs is 1. The highest BCUT2D eigenvalue weighted by Gasteiger charge is 2.20. The summed E-state index contributed by atoms with van der Waals surface area (Å²) in [5.74, 6) is -1.18. The van der Waals surface area contributed by atoms with Crippen LogP contribution in [0, 0.1) is 5.82 Å². The van der Waals surface area contributed by atoms with Crippen molar-refractivity contribution in [3.05, 3.63) is 39.9 Å². The fraction of sp³-hybridized carbons (Fsp3) is 0.412. The van der Waals surface area contributed by atoms with E-state index in [9.17, 15) is 14.0 Å². The van der Waals surface area contributed by atoms with Crippen LogP contribution in [0.15, 0.2) is 23.1 Å². The number of piperazine rings is 1. The topological polar surface area (TPSA) is 65.6 Å². The third kappa shape index (κ3) is 2.75. The zero-order valence-corrected chi connectivity index (χ0v) is 13.7. The number of methoxy groups -OCH3 is 1. The third-order valence-corrected chi connectivity index (χ3v) is 4.29. The molecule has 127 valence electrons. The van der Waals surface area contributed by atoms with E-state index in [1.807, 2.05) is 11.8 Å². The van der Waals surface area contributed by atoms with Crippen LogP contribution in [0.1, 0.15) is 17.3 Å².